The summed E-state index contributed by atoms with van der Waals surface area (Å²) in [6.07, 6.45) is 9.06. The summed E-state index contributed by atoms with van der Waals surface area (Å²) in [5, 5.41) is 2.53. The van der Waals surface area contributed by atoms with Gasteiger partial charge in [0.05, 0.1) is 0 Å². The normalized spacial score (nSPS) is 28.0. The van der Waals surface area contributed by atoms with Gasteiger partial charge in [0, 0.05) is 55.9 Å². The molecule has 3 aliphatic heterocycles. The topological polar surface area (TPSA) is 36.4 Å². The van der Waals surface area contributed by atoms with Crippen molar-refractivity contribution in [2.45, 2.75) is 50.7 Å². The highest BCUT2D eigenvalue weighted by molar-refractivity contribution is 5.84. The smallest absolute Gasteiger partial charge is 0.223 e. The second kappa shape index (κ2) is 8.32. The lowest BCUT2D eigenvalue weighted by atomic mass is 9.70. The van der Waals surface area contributed by atoms with Crippen molar-refractivity contribution in [3.8, 4) is 0 Å². The molecule has 0 N–H and O–H groups in total. The fourth-order valence-electron chi connectivity index (χ4n) is 6.69. The second-order valence-corrected chi connectivity index (χ2v) is 9.98. The molecule has 6 rings (SSSR count). The standard InChI is InChI=1S/C28H31N3O/c32-28-11-5-10-26-23-15-24(27(31(26)28)14-20-6-2-1-3-7-20)19-30(18-23)17-22-9-4-8-21-16-29-13-12-25(21)22/h1-4,6-9,12-13,16,23-24,26-27H,5,10-11,14-15,17-19H2/t23-,24+,26+,27+/m1/s1. The first-order chi connectivity index (χ1) is 15.8. The van der Waals surface area contributed by atoms with Crippen LogP contribution in [0.3, 0.4) is 0 Å². The third-order valence-electron chi connectivity index (χ3n) is 8.02. The van der Waals surface area contributed by atoms with Gasteiger partial charge in [0.15, 0.2) is 0 Å². The first-order valence-electron chi connectivity index (χ1n) is 12.2. The Morgan fingerprint density at radius 1 is 0.969 bits per heavy atom. The Labute approximate surface area is 190 Å². The van der Waals surface area contributed by atoms with Crippen LogP contribution in [0, 0.1) is 11.8 Å². The van der Waals surface area contributed by atoms with Crippen molar-refractivity contribution in [1.29, 1.82) is 0 Å². The van der Waals surface area contributed by atoms with Crippen LogP contribution in [0.5, 0.6) is 0 Å². The van der Waals surface area contributed by atoms with Gasteiger partial charge < -0.3 is 4.90 Å². The molecular weight excluding hydrogens is 394 g/mol. The molecular formula is C28H31N3O. The molecule has 1 amide bonds. The zero-order valence-electron chi connectivity index (χ0n) is 18.6. The number of amides is 1. The monoisotopic (exact) mass is 425 g/mol. The SMILES string of the molecule is O=C1CCC[C@H]2[C@@H]3C[C@@H](CN(Cc4cccc5cnccc45)C3)[C@H](Cc3ccccc3)N12. The largest absolute Gasteiger partial charge is 0.336 e. The van der Waals surface area contributed by atoms with Gasteiger partial charge >= 0.3 is 0 Å². The minimum Gasteiger partial charge on any atom is -0.336 e. The summed E-state index contributed by atoms with van der Waals surface area (Å²) in [6.45, 7) is 3.16. The van der Waals surface area contributed by atoms with Crippen molar-refractivity contribution in [2.75, 3.05) is 13.1 Å². The van der Waals surface area contributed by atoms with Crippen LogP contribution in [0.2, 0.25) is 0 Å². The number of piperidine rings is 3. The molecule has 0 saturated carbocycles. The molecule has 3 fully saturated rings. The van der Waals surface area contributed by atoms with Crippen LogP contribution < -0.4 is 0 Å². The molecule has 3 saturated heterocycles. The van der Waals surface area contributed by atoms with E-state index in [0.717, 1.165) is 38.9 Å². The predicted molar refractivity (Wildman–Crippen MR) is 127 cm³/mol. The molecule has 2 aromatic carbocycles. The van der Waals surface area contributed by atoms with Crippen molar-refractivity contribution in [3.63, 3.8) is 0 Å². The van der Waals surface area contributed by atoms with Crippen LogP contribution in [0.4, 0.5) is 0 Å². The minimum absolute atomic E-state index is 0.325. The van der Waals surface area contributed by atoms with E-state index >= 15 is 0 Å². The number of fused-ring (bicyclic) bond motifs is 5. The molecule has 0 radical (unpaired) electrons. The number of hydrogen-bond acceptors (Lipinski definition) is 3. The van der Waals surface area contributed by atoms with Crippen molar-refractivity contribution < 1.29 is 4.79 Å². The van der Waals surface area contributed by atoms with Gasteiger partial charge in [-0.15, -0.1) is 0 Å². The number of rotatable bonds is 4. The number of likely N-dealkylation sites (tertiary alicyclic amines) is 1. The van der Waals surface area contributed by atoms with Crippen LogP contribution in [0.15, 0.2) is 67.0 Å². The molecule has 0 spiro atoms. The van der Waals surface area contributed by atoms with E-state index in [1.165, 1.54) is 34.7 Å². The molecule has 4 atom stereocenters. The van der Waals surface area contributed by atoms with Crippen LogP contribution in [0.25, 0.3) is 10.8 Å². The van der Waals surface area contributed by atoms with E-state index in [4.69, 9.17) is 0 Å². The number of carbonyl (C=O) groups is 1. The highest BCUT2D eigenvalue weighted by atomic mass is 16.2. The summed E-state index contributed by atoms with van der Waals surface area (Å²) in [5.74, 6) is 1.54. The molecule has 32 heavy (non-hydrogen) atoms. The van der Waals surface area contributed by atoms with Crippen LogP contribution in [0.1, 0.15) is 36.8 Å². The number of nitrogens with zero attached hydrogens (tertiary/aromatic N) is 3. The van der Waals surface area contributed by atoms with E-state index in [2.05, 4.69) is 69.4 Å². The van der Waals surface area contributed by atoms with E-state index in [1.807, 2.05) is 12.4 Å². The molecule has 0 aliphatic carbocycles. The summed E-state index contributed by atoms with van der Waals surface area (Å²) < 4.78 is 0. The molecule has 4 nitrogen and oxygen atoms in total. The van der Waals surface area contributed by atoms with Crippen LogP contribution in [-0.2, 0) is 17.8 Å². The number of aromatic nitrogens is 1. The maximum atomic E-state index is 13.1. The Balaban J connectivity index is 1.29. The quantitative estimate of drug-likeness (QED) is 0.609. The molecule has 2 bridgehead atoms. The maximum absolute atomic E-state index is 13.1. The van der Waals surface area contributed by atoms with Crippen molar-refractivity contribution in [3.05, 3.63) is 78.1 Å². The Bertz CT molecular complexity index is 1110. The molecule has 3 aliphatic rings. The van der Waals surface area contributed by atoms with Crippen molar-refractivity contribution in [1.82, 2.24) is 14.8 Å². The van der Waals surface area contributed by atoms with Gasteiger partial charge in [-0.25, -0.2) is 0 Å². The van der Waals surface area contributed by atoms with E-state index in [9.17, 15) is 4.79 Å². The first-order valence-corrected chi connectivity index (χ1v) is 12.2. The Morgan fingerprint density at radius 2 is 1.84 bits per heavy atom. The lowest BCUT2D eigenvalue weighted by molar-refractivity contribution is -0.152. The van der Waals surface area contributed by atoms with Gasteiger partial charge in [0.2, 0.25) is 5.91 Å². The second-order valence-electron chi connectivity index (χ2n) is 9.98. The van der Waals surface area contributed by atoms with Crippen molar-refractivity contribution in [2.24, 2.45) is 11.8 Å². The number of hydrogen-bond donors (Lipinski definition) is 0. The number of carbonyl (C=O) groups excluding carboxylic acids is 1. The summed E-state index contributed by atoms with van der Waals surface area (Å²) in [4.78, 5) is 22.4. The zero-order valence-corrected chi connectivity index (χ0v) is 18.6. The average Bonchev–Trinajstić information content (AvgIpc) is 2.83. The minimum atomic E-state index is 0.325. The highest BCUT2D eigenvalue weighted by Gasteiger charge is 2.49. The molecule has 1 aromatic heterocycles. The van der Waals surface area contributed by atoms with Crippen LogP contribution in [-0.4, -0.2) is 45.9 Å². The average molecular weight is 426 g/mol. The molecule has 4 heterocycles. The van der Waals surface area contributed by atoms with Gasteiger partial charge in [0.25, 0.3) is 0 Å². The van der Waals surface area contributed by atoms with Gasteiger partial charge in [-0.2, -0.15) is 0 Å². The van der Waals surface area contributed by atoms with Crippen LogP contribution >= 0.6 is 0 Å². The van der Waals surface area contributed by atoms with Crippen molar-refractivity contribution >= 4 is 16.7 Å². The van der Waals surface area contributed by atoms with E-state index in [0.29, 0.717) is 29.8 Å². The summed E-state index contributed by atoms with van der Waals surface area (Å²) in [6, 6.07) is 20.2. The summed E-state index contributed by atoms with van der Waals surface area (Å²) in [7, 11) is 0. The summed E-state index contributed by atoms with van der Waals surface area (Å²) in [5.41, 5.74) is 2.74. The highest BCUT2D eigenvalue weighted by Crippen LogP contribution is 2.43. The zero-order chi connectivity index (χ0) is 21.5. The Hall–Kier alpha value is -2.72. The maximum Gasteiger partial charge on any atom is 0.223 e. The Kier molecular flexibility index (Phi) is 5.18. The number of benzene rings is 2. The fraction of sp³-hybridized carbons (Fsp3) is 0.429. The predicted octanol–water partition coefficient (Wildman–Crippen LogP) is 4.68. The molecule has 164 valence electrons. The summed E-state index contributed by atoms with van der Waals surface area (Å²) >= 11 is 0. The third kappa shape index (κ3) is 3.61. The lowest BCUT2D eigenvalue weighted by Crippen LogP contribution is -2.65. The Morgan fingerprint density at radius 3 is 2.75 bits per heavy atom. The molecule has 0 unspecified atom stereocenters. The van der Waals surface area contributed by atoms with E-state index in [1.54, 1.807) is 0 Å². The van der Waals surface area contributed by atoms with E-state index in [-0.39, 0.29) is 0 Å². The van der Waals surface area contributed by atoms with Gasteiger partial charge in [0.1, 0.15) is 0 Å². The lowest BCUT2D eigenvalue weighted by Gasteiger charge is -2.57. The molecule has 3 aromatic rings. The third-order valence-corrected chi connectivity index (χ3v) is 8.02. The van der Waals surface area contributed by atoms with Gasteiger partial charge in [-0.05, 0) is 60.1 Å². The molecule has 4 heteroatoms. The first kappa shape index (κ1) is 19.9. The van der Waals surface area contributed by atoms with Gasteiger partial charge in [-0.3, -0.25) is 14.7 Å². The fourth-order valence-corrected chi connectivity index (χ4v) is 6.69. The number of pyridine rings is 1. The van der Waals surface area contributed by atoms with Gasteiger partial charge in [-0.1, -0.05) is 48.5 Å². The van der Waals surface area contributed by atoms with E-state index < -0.39 is 0 Å².